The first-order chi connectivity index (χ1) is 18.9. The van der Waals surface area contributed by atoms with Gasteiger partial charge in [0.2, 0.25) is 5.88 Å². The van der Waals surface area contributed by atoms with Crippen LogP contribution < -0.4 is 9.47 Å². The maximum atomic E-state index is 12.1. The minimum absolute atomic E-state index is 0.106. The van der Waals surface area contributed by atoms with Crippen molar-refractivity contribution in [1.29, 1.82) is 0 Å². The number of pyridine rings is 1. The Hall–Kier alpha value is -3.55. The first-order valence-electron chi connectivity index (χ1n) is 12.9. The van der Waals surface area contributed by atoms with E-state index >= 15 is 0 Å². The Morgan fingerprint density at radius 2 is 1.92 bits per heavy atom. The maximum Gasteiger partial charge on any atom is 0.337 e. The van der Waals surface area contributed by atoms with Crippen molar-refractivity contribution in [3.05, 3.63) is 86.7 Å². The van der Waals surface area contributed by atoms with E-state index < -0.39 is 5.97 Å². The number of carbonyl (C=O) groups is 1. The highest BCUT2D eigenvalue weighted by atomic mass is 35.5. The van der Waals surface area contributed by atoms with Gasteiger partial charge in [-0.25, -0.2) is 9.78 Å². The summed E-state index contributed by atoms with van der Waals surface area (Å²) in [6.07, 6.45) is 4.92. The van der Waals surface area contributed by atoms with Crippen LogP contribution in [0.1, 0.15) is 64.5 Å². The summed E-state index contributed by atoms with van der Waals surface area (Å²) >= 11 is 12.6. The van der Waals surface area contributed by atoms with E-state index in [9.17, 15) is 4.79 Å². The highest BCUT2D eigenvalue weighted by molar-refractivity contribution is 6.36. The second kappa shape index (κ2) is 9.28. The summed E-state index contributed by atoms with van der Waals surface area (Å²) in [7, 11) is 1.37. The van der Waals surface area contributed by atoms with Gasteiger partial charge in [-0.05, 0) is 74.1 Å². The molecule has 2 aromatic heterocycles. The number of esters is 1. The van der Waals surface area contributed by atoms with Crippen LogP contribution in [0.3, 0.4) is 0 Å². The number of nitrogens with zero attached hydrogens (tertiary/aromatic N) is 2. The lowest BCUT2D eigenvalue weighted by molar-refractivity contribution is 0.0600. The van der Waals surface area contributed by atoms with E-state index in [4.69, 9.17) is 46.9 Å². The number of halogens is 2. The minimum Gasteiger partial charge on any atom is -0.473 e. The van der Waals surface area contributed by atoms with Crippen LogP contribution in [-0.4, -0.2) is 23.2 Å². The molecule has 7 rings (SSSR count). The van der Waals surface area contributed by atoms with Crippen LogP contribution in [-0.2, 0) is 23.2 Å². The zero-order valence-electron chi connectivity index (χ0n) is 21.1. The van der Waals surface area contributed by atoms with Crippen molar-refractivity contribution < 1.29 is 23.5 Å². The first kappa shape index (κ1) is 24.5. The van der Waals surface area contributed by atoms with Crippen molar-refractivity contribution in [2.45, 2.75) is 50.0 Å². The summed E-state index contributed by atoms with van der Waals surface area (Å²) in [5, 5.41) is 5.42. The smallest absolute Gasteiger partial charge is 0.337 e. The highest BCUT2D eigenvalue weighted by Crippen LogP contribution is 2.56. The van der Waals surface area contributed by atoms with Gasteiger partial charge in [-0.1, -0.05) is 34.4 Å². The van der Waals surface area contributed by atoms with Gasteiger partial charge in [-0.15, -0.1) is 0 Å². The number of hydrogen-bond donors (Lipinski definition) is 0. The van der Waals surface area contributed by atoms with Crippen LogP contribution in [0, 0.1) is 0 Å². The molecule has 39 heavy (non-hydrogen) atoms. The average molecular weight is 563 g/mol. The molecule has 7 nitrogen and oxygen atoms in total. The molecule has 2 aromatic carbocycles. The molecule has 9 heteroatoms. The van der Waals surface area contributed by atoms with Gasteiger partial charge in [0.05, 0.1) is 29.0 Å². The van der Waals surface area contributed by atoms with Crippen molar-refractivity contribution in [2.24, 2.45) is 0 Å². The van der Waals surface area contributed by atoms with Gasteiger partial charge < -0.3 is 18.7 Å². The van der Waals surface area contributed by atoms with Crippen molar-refractivity contribution >= 4 is 29.2 Å². The summed E-state index contributed by atoms with van der Waals surface area (Å²) in [5.41, 5.74) is 4.55. The molecule has 0 N–H and O–H groups in total. The zero-order valence-corrected chi connectivity index (χ0v) is 22.6. The molecule has 2 saturated carbocycles. The predicted molar refractivity (Wildman–Crippen MR) is 145 cm³/mol. The Kier molecular flexibility index (Phi) is 5.83. The third kappa shape index (κ3) is 4.43. The Bertz CT molecular complexity index is 1620. The van der Waals surface area contributed by atoms with Crippen molar-refractivity contribution in [3.8, 4) is 28.6 Å². The lowest BCUT2D eigenvalue weighted by Crippen LogP contribution is -2.12. The Morgan fingerprint density at radius 3 is 2.67 bits per heavy atom. The van der Waals surface area contributed by atoms with E-state index in [1.165, 1.54) is 7.11 Å². The monoisotopic (exact) mass is 562 g/mol. The number of aromatic nitrogens is 2. The second-order valence-electron chi connectivity index (χ2n) is 10.4. The lowest BCUT2D eigenvalue weighted by Gasteiger charge is -2.15. The number of rotatable bonds is 6. The van der Waals surface area contributed by atoms with E-state index in [1.54, 1.807) is 24.3 Å². The second-order valence-corrected chi connectivity index (χ2v) is 11.3. The number of fused-ring (bicyclic) bond motifs is 3. The zero-order chi connectivity index (χ0) is 26.7. The fourth-order valence-electron chi connectivity index (χ4n) is 5.31. The Labute approximate surface area is 235 Å². The summed E-state index contributed by atoms with van der Waals surface area (Å²) in [6, 6.07) is 14.5. The number of benzene rings is 2. The van der Waals surface area contributed by atoms with Crippen molar-refractivity contribution in [1.82, 2.24) is 10.1 Å². The molecule has 0 bridgehead atoms. The van der Waals surface area contributed by atoms with Gasteiger partial charge in [0.25, 0.3) is 0 Å². The molecule has 0 atom stereocenters. The third-order valence-corrected chi connectivity index (χ3v) is 8.29. The number of carbonyl (C=O) groups excluding carboxylic acids is 1. The maximum absolute atomic E-state index is 12.1. The molecule has 198 valence electrons. The van der Waals surface area contributed by atoms with Gasteiger partial charge in [-0.2, -0.15) is 0 Å². The van der Waals surface area contributed by atoms with E-state index in [0.29, 0.717) is 44.6 Å². The summed E-state index contributed by atoms with van der Waals surface area (Å²) in [6.45, 7) is 0.242. The normalized spacial score (nSPS) is 16.6. The van der Waals surface area contributed by atoms with Crippen LogP contribution in [0.15, 0.2) is 53.1 Å². The number of hydrogen-bond acceptors (Lipinski definition) is 7. The van der Waals surface area contributed by atoms with Gasteiger partial charge in [0, 0.05) is 28.0 Å². The molecule has 0 unspecified atom stereocenters. The van der Waals surface area contributed by atoms with E-state index in [2.05, 4.69) is 5.16 Å². The molecule has 0 radical (unpaired) electrons. The fourth-order valence-corrected chi connectivity index (χ4v) is 5.81. The molecule has 0 amide bonds. The number of methoxy groups -OCH3 is 1. The third-order valence-electron chi connectivity index (χ3n) is 7.74. The van der Waals surface area contributed by atoms with Gasteiger partial charge in [0.1, 0.15) is 29.6 Å². The van der Waals surface area contributed by atoms with Crippen LogP contribution in [0.25, 0.3) is 11.3 Å². The molecule has 2 aliphatic carbocycles. The molecule has 4 aromatic rings. The lowest BCUT2D eigenvalue weighted by atomic mass is 9.92. The van der Waals surface area contributed by atoms with E-state index in [-0.39, 0.29) is 12.0 Å². The Morgan fingerprint density at radius 1 is 1.08 bits per heavy atom. The molecule has 3 aliphatic rings. The molecular weight excluding hydrogens is 539 g/mol. The Balaban J connectivity index is 1.19. The van der Waals surface area contributed by atoms with Crippen molar-refractivity contribution in [2.75, 3.05) is 7.11 Å². The molecule has 0 saturated heterocycles. The topological polar surface area (TPSA) is 83.7 Å². The molecule has 1 aliphatic heterocycles. The van der Waals surface area contributed by atoms with Gasteiger partial charge >= 0.3 is 5.97 Å². The standard InChI is InChI=1S/C30H24Cl2N2O5/c1-36-29(35)17-4-5-18-14-30(10-11-30)28-23(38-24(18)12-17)8-9-25(33-28)37-15-21-26(34-39-27(21)16-2-3-16)20-7-6-19(31)13-22(20)32/h4-9,12-13,16H,2-3,10-11,14-15H2,1H3. The quantitative estimate of drug-likeness (QED) is 0.223. The average Bonchev–Trinajstić information content (AvgIpc) is 3.87. The van der Waals surface area contributed by atoms with Crippen LogP contribution >= 0.6 is 23.2 Å². The SMILES string of the molecule is COC(=O)c1ccc2c(c1)Oc1ccc(OCc3c(-c4ccc(Cl)cc4Cl)noc3C3CC3)nc1C1(CC1)C2. The highest BCUT2D eigenvalue weighted by Gasteiger charge is 2.49. The van der Waals surface area contributed by atoms with Crippen LogP contribution in [0.2, 0.25) is 10.0 Å². The van der Waals surface area contributed by atoms with Gasteiger partial charge in [0.15, 0.2) is 0 Å². The molecular formula is C30H24Cl2N2O5. The van der Waals surface area contributed by atoms with Crippen LogP contribution in [0.4, 0.5) is 0 Å². The number of ether oxygens (including phenoxy) is 3. The molecule has 1 spiro atoms. The van der Waals surface area contributed by atoms with Crippen LogP contribution in [0.5, 0.6) is 17.4 Å². The minimum atomic E-state index is -0.396. The largest absolute Gasteiger partial charge is 0.473 e. The summed E-state index contributed by atoms with van der Waals surface area (Å²) in [4.78, 5) is 17.0. The first-order valence-corrected chi connectivity index (χ1v) is 13.7. The summed E-state index contributed by atoms with van der Waals surface area (Å²) < 4.78 is 23.2. The van der Waals surface area contributed by atoms with E-state index in [1.807, 2.05) is 24.3 Å². The van der Waals surface area contributed by atoms with E-state index in [0.717, 1.165) is 60.2 Å². The molecule has 3 heterocycles. The summed E-state index contributed by atoms with van der Waals surface area (Å²) in [5.74, 6) is 2.62. The predicted octanol–water partition coefficient (Wildman–Crippen LogP) is 7.67. The van der Waals surface area contributed by atoms with Crippen molar-refractivity contribution in [3.63, 3.8) is 0 Å². The molecule has 2 fully saturated rings. The van der Waals surface area contributed by atoms with Gasteiger partial charge in [-0.3, -0.25) is 0 Å². The fraction of sp³-hybridized carbons (Fsp3) is 0.300.